The number of rotatable bonds is 3. The van der Waals surface area contributed by atoms with Gasteiger partial charge in [0.1, 0.15) is 16.4 Å². The smallest absolute Gasteiger partial charge is 0.225 e. The highest BCUT2D eigenvalue weighted by Gasteiger charge is 2.12. The van der Waals surface area contributed by atoms with E-state index in [4.69, 9.17) is 22.1 Å². The topological polar surface area (TPSA) is 61.0 Å². The van der Waals surface area contributed by atoms with Crippen molar-refractivity contribution in [2.24, 2.45) is 0 Å². The van der Waals surface area contributed by atoms with E-state index in [9.17, 15) is 0 Å². The summed E-state index contributed by atoms with van der Waals surface area (Å²) in [5.74, 6) is 1.26. The number of hydrogen-bond donors (Lipinski definition) is 1. The lowest BCUT2D eigenvalue weighted by Crippen LogP contribution is -1.94. The Bertz CT molecular complexity index is 755. The number of halogens is 1. The van der Waals surface area contributed by atoms with Gasteiger partial charge in [-0.1, -0.05) is 12.1 Å². The predicted octanol–water partition coefficient (Wildman–Crippen LogP) is 3.99. The SMILES string of the molecule is CCOc1ccc(-c2csc3nc(Cl)nc(N)c23)cc1. The lowest BCUT2D eigenvalue weighted by Gasteiger charge is -2.05. The molecule has 1 aromatic carbocycles. The average molecular weight is 306 g/mol. The van der Waals surface area contributed by atoms with E-state index in [1.807, 2.05) is 36.6 Å². The Morgan fingerprint density at radius 2 is 2.00 bits per heavy atom. The van der Waals surface area contributed by atoms with Crippen molar-refractivity contribution in [3.63, 3.8) is 0 Å². The van der Waals surface area contributed by atoms with Gasteiger partial charge in [0.2, 0.25) is 5.28 Å². The van der Waals surface area contributed by atoms with E-state index in [1.165, 1.54) is 11.3 Å². The molecule has 0 atom stereocenters. The highest BCUT2D eigenvalue weighted by molar-refractivity contribution is 7.17. The van der Waals surface area contributed by atoms with E-state index >= 15 is 0 Å². The zero-order chi connectivity index (χ0) is 14.1. The van der Waals surface area contributed by atoms with Crippen LogP contribution in [0.25, 0.3) is 21.3 Å². The first kappa shape index (κ1) is 13.1. The number of benzene rings is 1. The van der Waals surface area contributed by atoms with Crippen LogP contribution in [0.2, 0.25) is 5.28 Å². The van der Waals surface area contributed by atoms with Crippen LogP contribution in [0.4, 0.5) is 5.82 Å². The van der Waals surface area contributed by atoms with Crippen molar-refractivity contribution in [3.05, 3.63) is 34.9 Å². The minimum Gasteiger partial charge on any atom is -0.494 e. The highest BCUT2D eigenvalue weighted by Crippen LogP contribution is 2.36. The number of fused-ring (bicyclic) bond motifs is 1. The fourth-order valence-corrected chi connectivity index (χ4v) is 3.23. The number of thiophene rings is 1. The van der Waals surface area contributed by atoms with Crippen molar-refractivity contribution < 1.29 is 4.74 Å². The molecule has 0 fully saturated rings. The molecule has 0 bridgehead atoms. The van der Waals surface area contributed by atoms with Crippen LogP contribution < -0.4 is 10.5 Å². The molecular weight excluding hydrogens is 294 g/mol. The normalized spacial score (nSPS) is 10.9. The van der Waals surface area contributed by atoms with Crippen LogP contribution in [0, 0.1) is 0 Å². The second kappa shape index (κ2) is 5.26. The Balaban J connectivity index is 2.10. The lowest BCUT2D eigenvalue weighted by atomic mass is 10.1. The Morgan fingerprint density at radius 3 is 2.70 bits per heavy atom. The molecule has 102 valence electrons. The summed E-state index contributed by atoms with van der Waals surface area (Å²) in [5.41, 5.74) is 8.03. The fraction of sp³-hybridized carbons (Fsp3) is 0.143. The molecule has 3 aromatic rings. The predicted molar refractivity (Wildman–Crippen MR) is 83.4 cm³/mol. The molecule has 0 unspecified atom stereocenters. The first-order chi connectivity index (χ1) is 9.69. The van der Waals surface area contributed by atoms with Gasteiger partial charge in [0.05, 0.1) is 12.0 Å². The van der Waals surface area contributed by atoms with Crippen molar-refractivity contribution in [1.82, 2.24) is 9.97 Å². The number of ether oxygens (including phenoxy) is 1. The van der Waals surface area contributed by atoms with Gasteiger partial charge in [-0.15, -0.1) is 11.3 Å². The molecule has 2 aromatic heterocycles. The summed E-state index contributed by atoms with van der Waals surface area (Å²) in [4.78, 5) is 9.02. The van der Waals surface area contributed by atoms with Crippen LogP contribution in [0.15, 0.2) is 29.6 Å². The first-order valence-corrected chi connectivity index (χ1v) is 7.38. The van der Waals surface area contributed by atoms with Crippen molar-refractivity contribution >= 4 is 39.0 Å². The van der Waals surface area contributed by atoms with E-state index in [1.54, 1.807) is 0 Å². The van der Waals surface area contributed by atoms with Gasteiger partial charge in [-0.05, 0) is 36.2 Å². The monoisotopic (exact) mass is 305 g/mol. The maximum atomic E-state index is 5.96. The van der Waals surface area contributed by atoms with Gasteiger partial charge in [0.25, 0.3) is 0 Å². The van der Waals surface area contributed by atoms with E-state index in [0.717, 1.165) is 27.1 Å². The van der Waals surface area contributed by atoms with Gasteiger partial charge in [-0.2, -0.15) is 0 Å². The quantitative estimate of drug-likeness (QED) is 0.743. The molecule has 0 saturated carbocycles. The van der Waals surface area contributed by atoms with Crippen LogP contribution in [0.5, 0.6) is 5.75 Å². The summed E-state index contributed by atoms with van der Waals surface area (Å²) < 4.78 is 5.44. The zero-order valence-corrected chi connectivity index (χ0v) is 12.3. The first-order valence-electron chi connectivity index (χ1n) is 6.12. The molecule has 0 aliphatic rings. The second-order valence-corrected chi connectivity index (χ2v) is 5.36. The molecule has 3 rings (SSSR count). The number of anilines is 1. The molecule has 0 radical (unpaired) electrons. The third kappa shape index (κ3) is 2.30. The van der Waals surface area contributed by atoms with Crippen molar-refractivity contribution in [2.75, 3.05) is 12.3 Å². The largest absolute Gasteiger partial charge is 0.494 e. The molecule has 0 saturated heterocycles. The van der Waals surface area contributed by atoms with E-state index in [2.05, 4.69) is 9.97 Å². The van der Waals surface area contributed by atoms with Crippen molar-refractivity contribution in [3.8, 4) is 16.9 Å². The third-order valence-electron chi connectivity index (χ3n) is 2.91. The second-order valence-electron chi connectivity index (χ2n) is 4.16. The third-order valence-corrected chi connectivity index (χ3v) is 3.95. The molecule has 0 aliphatic heterocycles. The summed E-state index contributed by atoms with van der Waals surface area (Å²) in [6, 6.07) is 7.88. The van der Waals surface area contributed by atoms with Crippen LogP contribution in [-0.4, -0.2) is 16.6 Å². The molecule has 2 heterocycles. The minimum atomic E-state index is 0.176. The average Bonchev–Trinajstić information content (AvgIpc) is 2.84. The van der Waals surface area contributed by atoms with Gasteiger partial charge in [0.15, 0.2) is 0 Å². The van der Waals surface area contributed by atoms with Crippen molar-refractivity contribution in [1.29, 1.82) is 0 Å². The number of nitrogens with zero attached hydrogens (tertiary/aromatic N) is 2. The Labute approximate surface area is 125 Å². The summed E-state index contributed by atoms with van der Waals surface area (Å²) in [7, 11) is 0. The maximum absolute atomic E-state index is 5.96. The molecule has 6 heteroatoms. The standard InChI is InChI=1S/C14H12ClN3OS/c1-2-19-9-5-3-8(4-6-9)10-7-20-13-11(10)12(16)17-14(15)18-13/h3-7H,2H2,1H3,(H2,16,17,18). The molecule has 0 aliphatic carbocycles. The fourth-order valence-electron chi connectivity index (χ4n) is 2.05. The molecule has 2 N–H and O–H groups in total. The van der Waals surface area contributed by atoms with Crippen molar-refractivity contribution in [2.45, 2.75) is 6.92 Å². The van der Waals surface area contributed by atoms with Crippen LogP contribution in [0.1, 0.15) is 6.92 Å². The molecule has 0 amide bonds. The van der Waals surface area contributed by atoms with Gasteiger partial charge in [-0.3, -0.25) is 0 Å². The molecule has 4 nitrogen and oxygen atoms in total. The van der Waals surface area contributed by atoms with Gasteiger partial charge in [-0.25, -0.2) is 9.97 Å². The summed E-state index contributed by atoms with van der Waals surface area (Å²) >= 11 is 7.33. The lowest BCUT2D eigenvalue weighted by molar-refractivity contribution is 0.340. The van der Waals surface area contributed by atoms with E-state index in [0.29, 0.717) is 12.4 Å². The number of nitrogens with two attached hydrogens (primary N) is 1. The Morgan fingerprint density at radius 1 is 1.25 bits per heavy atom. The highest BCUT2D eigenvalue weighted by atomic mass is 35.5. The van der Waals surface area contributed by atoms with Crippen LogP contribution >= 0.6 is 22.9 Å². The minimum absolute atomic E-state index is 0.176. The zero-order valence-electron chi connectivity index (χ0n) is 10.8. The van der Waals surface area contributed by atoms with Gasteiger partial charge in [0, 0.05) is 10.9 Å². The maximum Gasteiger partial charge on any atom is 0.225 e. The van der Waals surface area contributed by atoms with Crippen LogP contribution in [0.3, 0.4) is 0 Å². The Hall–Kier alpha value is -1.85. The number of hydrogen-bond acceptors (Lipinski definition) is 5. The molecule has 0 spiro atoms. The summed E-state index contributed by atoms with van der Waals surface area (Å²) in [6.45, 7) is 2.61. The van der Waals surface area contributed by atoms with E-state index < -0.39 is 0 Å². The summed E-state index contributed by atoms with van der Waals surface area (Å²) in [6.07, 6.45) is 0. The number of nitrogen functional groups attached to an aromatic ring is 1. The number of aromatic nitrogens is 2. The summed E-state index contributed by atoms with van der Waals surface area (Å²) in [5, 5.41) is 3.04. The van der Waals surface area contributed by atoms with E-state index in [-0.39, 0.29) is 5.28 Å². The molecular formula is C14H12ClN3OS. The van der Waals surface area contributed by atoms with Gasteiger partial charge < -0.3 is 10.5 Å². The van der Waals surface area contributed by atoms with Crippen LogP contribution in [-0.2, 0) is 0 Å². The van der Waals surface area contributed by atoms with Gasteiger partial charge >= 0.3 is 0 Å². The molecule has 20 heavy (non-hydrogen) atoms. The Kier molecular flexibility index (Phi) is 3.46.